The lowest BCUT2D eigenvalue weighted by Gasteiger charge is -2.19. The van der Waals surface area contributed by atoms with E-state index in [9.17, 15) is 5.11 Å². The second-order valence-electron chi connectivity index (χ2n) is 4.29. The van der Waals surface area contributed by atoms with Gasteiger partial charge >= 0.3 is 0 Å². The topological polar surface area (TPSA) is 32.7 Å². The Bertz CT molecular complexity index is 393. The van der Waals surface area contributed by atoms with Gasteiger partial charge in [-0.25, -0.2) is 0 Å². The number of benzene rings is 1. The van der Waals surface area contributed by atoms with Gasteiger partial charge in [0.1, 0.15) is 0 Å². The van der Waals surface area contributed by atoms with Crippen LogP contribution in [0, 0.1) is 0 Å². The van der Waals surface area contributed by atoms with Crippen LogP contribution in [0.25, 0.3) is 0 Å². The Morgan fingerprint density at radius 2 is 2.16 bits per heavy atom. The van der Waals surface area contributed by atoms with E-state index in [1.165, 1.54) is 0 Å². The number of rotatable bonds is 8. The maximum Gasteiger partial charge on any atom is 0.0899 e. The monoisotopic (exact) mass is 323 g/mol. The van der Waals surface area contributed by atoms with Crippen molar-refractivity contribution in [2.24, 2.45) is 0 Å². The van der Waals surface area contributed by atoms with Gasteiger partial charge in [-0.05, 0) is 25.2 Å². The first-order valence-electron chi connectivity index (χ1n) is 5.96. The molecule has 0 saturated heterocycles. The van der Waals surface area contributed by atoms with Gasteiger partial charge in [-0.2, -0.15) is 0 Å². The van der Waals surface area contributed by atoms with Crippen LogP contribution in [0.4, 0.5) is 0 Å². The molecule has 0 fully saturated rings. The van der Waals surface area contributed by atoms with E-state index in [2.05, 4.69) is 4.90 Å². The summed E-state index contributed by atoms with van der Waals surface area (Å²) >= 11 is 13.7. The summed E-state index contributed by atoms with van der Waals surface area (Å²) in [7, 11) is 3.55. The van der Waals surface area contributed by atoms with Gasteiger partial charge in [0.25, 0.3) is 0 Å². The maximum atomic E-state index is 9.60. The molecular weight excluding hydrogens is 305 g/mol. The maximum absolute atomic E-state index is 9.60. The lowest BCUT2D eigenvalue weighted by atomic mass is 10.3. The minimum Gasteiger partial charge on any atom is -0.389 e. The fourth-order valence-electron chi connectivity index (χ4n) is 1.60. The SMILES string of the molecule is COCC(O)CN(C)CCSc1cc(Cl)ccc1Cl. The highest BCUT2D eigenvalue weighted by Gasteiger charge is 2.08. The van der Waals surface area contributed by atoms with Gasteiger partial charge in [0, 0.05) is 35.9 Å². The first-order chi connectivity index (χ1) is 9.02. The number of hydrogen-bond donors (Lipinski definition) is 1. The predicted octanol–water partition coefficient (Wildman–Crippen LogP) is 3.02. The number of aliphatic hydroxyl groups excluding tert-OH is 1. The summed E-state index contributed by atoms with van der Waals surface area (Å²) in [5.41, 5.74) is 0. The van der Waals surface area contributed by atoms with E-state index in [4.69, 9.17) is 27.9 Å². The van der Waals surface area contributed by atoms with E-state index < -0.39 is 6.10 Å². The molecule has 0 amide bonds. The molecule has 1 aromatic rings. The normalized spacial score (nSPS) is 12.9. The summed E-state index contributed by atoms with van der Waals surface area (Å²) in [5.74, 6) is 0.885. The lowest BCUT2D eigenvalue weighted by molar-refractivity contribution is 0.0445. The second kappa shape index (κ2) is 9.06. The number of thioether (sulfide) groups is 1. The van der Waals surface area contributed by atoms with E-state index in [1.807, 2.05) is 13.1 Å². The van der Waals surface area contributed by atoms with Crippen molar-refractivity contribution < 1.29 is 9.84 Å². The van der Waals surface area contributed by atoms with E-state index >= 15 is 0 Å². The Balaban J connectivity index is 2.31. The van der Waals surface area contributed by atoms with Crippen LogP contribution in [0.15, 0.2) is 23.1 Å². The number of hydrogen-bond acceptors (Lipinski definition) is 4. The Morgan fingerprint density at radius 1 is 1.42 bits per heavy atom. The van der Waals surface area contributed by atoms with Crippen molar-refractivity contribution in [3.8, 4) is 0 Å². The zero-order chi connectivity index (χ0) is 14.3. The molecule has 0 saturated carbocycles. The number of nitrogens with zero attached hydrogens (tertiary/aromatic N) is 1. The highest BCUT2D eigenvalue weighted by molar-refractivity contribution is 7.99. The molecule has 19 heavy (non-hydrogen) atoms. The third-order valence-corrected chi connectivity index (χ3v) is 4.22. The molecule has 0 aliphatic carbocycles. The van der Waals surface area contributed by atoms with Crippen molar-refractivity contribution in [2.75, 3.05) is 39.6 Å². The molecule has 1 rings (SSSR count). The summed E-state index contributed by atoms with van der Waals surface area (Å²) in [6, 6.07) is 5.45. The van der Waals surface area contributed by atoms with Crippen LogP contribution in [0.1, 0.15) is 0 Å². The molecule has 0 heterocycles. The molecule has 0 aromatic heterocycles. The molecule has 1 atom stereocenters. The minimum atomic E-state index is -0.449. The summed E-state index contributed by atoms with van der Waals surface area (Å²) in [5, 5.41) is 11.0. The molecule has 0 bridgehead atoms. The standard InChI is InChI=1S/C13H19Cl2NO2S/c1-16(8-11(17)9-18-2)5-6-19-13-7-10(14)3-4-12(13)15/h3-4,7,11,17H,5-6,8-9H2,1-2H3. The van der Waals surface area contributed by atoms with Crippen LogP contribution in [-0.2, 0) is 4.74 Å². The molecule has 6 heteroatoms. The zero-order valence-electron chi connectivity index (χ0n) is 11.1. The third-order valence-electron chi connectivity index (χ3n) is 2.51. The fraction of sp³-hybridized carbons (Fsp3) is 0.538. The van der Waals surface area contributed by atoms with Gasteiger partial charge in [0.2, 0.25) is 0 Å². The summed E-state index contributed by atoms with van der Waals surface area (Å²) in [4.78, 5) is 3.05. The predicted molar refractivity (Wildman–Crippen MR) is 82.6 cm³/mol. The van der Waals surface area contributed by atoms with Crippen LogP contribution < -0.4 is 0 Å². The number of likely N-dealkylation sites (N-methyl/N-ethyl adjacent to an activating group) is 1. The highest BCUT2D eigenvalue weighted by atomic mass is 35.5. The van der Waals surface area contributed by atoms with Gasteiger partial charge in [0.15, 0.2) is 0 Å². The highest BCUT2D eigenvalue weighted by Crippen LogP contribution is 2.29. The Labute approximate surface area is 128 Å². The molecule has 3 nitrogen and oxygen atoms in total. The third kappa shape index (κ3) is 6.84. The number of halogens is 2. The van der Waals surface area contributed by atoms with E-state index in [0.717, 1.165) is 22.2 Å². The van der Waals surface area contributed by atoms with Gasteiger partial charge in [-0.1, -0.05) is 23.2 Å². The largest absolute Gasteiger partial charge is 0.389 e. The molecular formula is C13H19Cl2NO2S. The summed E-state index contributed by atoms with van der Waals surface area (Å²) in [6.45, 7) is 1.81. The molecule has 0 radical (unpaired) electrons. The first-order valence-corrected chi connectivity index (χ1v) is 7.70. The van der Waals surface area contributed by atoms with Gasteiger partial charge in [-0.15, -0.1) is 11.8 Å². The molecule has 1 unspecified atom stereocenters. The molecule has 0 aliphatic heterocycles. The first kappa shape index (κ1) is 17.1. The quantitative estimate of drug-likeness (QED) is 0.745. The van der Waals surface area contributed by atoms with Crippen molar-refractivity contribution in [2.45, 2.75) is 11.0 Å². The van der Waals surface area contributed by atoms with Crippen molar-refractivity contribution in [3.05, 3.63) is 28.2 Å². The van der Waals surface area contributed by atoms with E-state index in [-0.39, 0.29) is 0 Å². The van der Waals surface area contributed by atoms with Crippen molar-refractivity contribution in [3.63, 3.8) is 0 Å². The van der Waals surface area contributed by atoms with Crippen LogP contribution in [0.2, 0.25) is 10.0 Å². The zero-order valence-corrected chi connectivity index (χ0v) is 13.4. The second-order valence-corrected chi connectivity index (χ2v) is 6.27. The average molecular weight is 324 g/mol. The van der Waals surface area contributed by atoms with Gasteiger partial charge in [-0.3, -0.25) is 0 Å². The van der Waals surface area contributed by atoms with Crippen molar-refractivity contribution in [1.29, 1.82) is 0 Å². The Morgan fingerprint density at radius 3 is 2.84 bits per heavy atom. The number of ether oxygens (including phenoxy) is 1. The molecule has 108 valence electrons. The summed E-state index contributed by atoms with van der Waals surface area (Å²) in [6.07, 6.45) is -0.449. The molecule has 0 aliphatic rings. The van der Waals surface area contributed by atoms with Crippen LogP contribution in [-0.4, -0.2) is 55.7 Å². The van der Waals surface area contributed by atoms with Gasteiger partial charge in [0.05, 0.1) is 17.7 Å². The van der Waals surface area contributed by atoms with E-state index in [0.29, 0.717) is 18.2 Å². The minimum absolute atomic E-state index is 0.359. The van der Waals surface area contributed by atoms with Crippen molar-refractivity contribution >= 4 is 35.0 Å². The number of aliphatic hydroxyl groups is 1. The van der Waals surface area contributed by atoms with Crippen LogP contribution in [0.3, 0.4) is 0 Å². The Kier molecular flexibility index (Phi) is 8.14. The number of methoxy groups -OCH3 is 1. The molecule has 1 aromatic carbocycles. The van der Waals surface area contributed by atoms with Gasteiger partial charge < -0.3 is 14.7 Å². The Hall–Kier alpha value is 0.0300. The van der Waals surface area contributed by atoms with Crippen LogP contribution in [0.5, 0.6) is 0 Å². The lowest BCUT2D eigenvalue weighted by Crippen LogP contribution is -2.33. The smallest absolute Gasteiger partial charge is 0.0899 e. The molecule has 0 spiro atoms. The van der Waals surface area contributed by atoms with Crippen molar-refractivity contribution in [1.82, 2.24) is 4.90 Å². The average Bonchev–Trinajstić information content (AvgIpc) is 2.33. The summed E-state index contributed by atoms with van der Waals surface area (Å²) < 4.78 is 4.89. The van der Waals surface area contributed by atoms with E-state index in [1.54, 1.807) is 31.0 Å². The van der Waals surface area contributed by atoms with Crippen LogP contribution >= 0.6 is 35.0 Å². The fourth-order valence-corrected chi connectivity index (χ4v) is 3.15. The molecule has 1 N–H and O–H groups in total.